The second-order valence-corrected chi connectivity index (χ2v) is 8.37. The van der Waals surface area contributed by atoms with Crippen LogP contribution in [-0.2, 0) is 6.18 Å². The lowest BCUT2D eigenvalue weighted by Crippen LogP contribution is -2.47. The highest BCUT2D eigenvalue weighted by molar-refractivity contribution is 5.93. The lowest BCUT2D eigenvalue weighted by Gasteiger charge is -2.40. The van der Waals surface area contributed by atoms with Gasteiger partial charge in [0.25, 0.3) is 0 Å². The van der Waals surface area contributed by atoms with Crippen molar-refractivity contribution in [1.29, 1.82) is 0 Å². The Bertz CT molecular complexity index is 1060. The first-order valence-electron chi connectivity index (χ1n) is 10.3. The van der Waals surface area contributed by atoms with Crippen LogP contribution in [0.5, 0.6) is 5.75 Å². The SMILES string of the molecule is CC1CCN(C2COc3ccccc3C2Nc2cccc3[nH]c(C(F)(F)F)cc23)C1. The number of H-pyrrole nitrogens is 1. The van der Waals surface area contributed by atoms with E-state index in [0.29, 0.717) is 29.1 Å². The lowest BCUT2D eigenvalue weighted by molar-refractivity contribution is -0.140. The molecule has 2 aliphatic rings. The highest BCUT2D eigenvalue weighted by Gasteiger charge is 2.38. The summed E-state index contributed by atoms with van der Waals surface area (Å²) in [6, 6.07) is 14.4. The third-order valence-corrected chi connectivity index (χ3v) is 6.25. The molecule has 3 unspecified atom stereocenters. The fraction of sp³-hybridized carbons (Fsp3) is 0.391. The highest BCUT2D eigenvalue weighted by Crippen LogP contribution is 2.40. The topological polar surface area (TPSA) is 40.3 Å². The summed E-state index contributed by atoms with van der Waals surface area (Å²) in [5.74, 6) is 1.46. The van der Waals surface area contributed by atoms with Crippen molar-refractivity contribution in [3.63, 3.8) is 0 Å². The van der Waals surface area contributed by atoms with Crippen LogP contribution in [0.25, 0.3) is 10.9 Å². The predicted octanol–water partition coefficient (Wildman–Crippen LogP) is 5.44. The van der Waals surface area contributed by atoms with Crippen LogP contribution in [0.4, 0.5) is 18.9 Å². The molecule has 0 radical (unpaired) electrons. The number of nitrogens with zero attached hydrogens (tertiary/aromatic N) is 1. The number of hydrogen-bond donors (Lipinski definition) is 2. The molecule has 2 aliphatic heterocycles. The Morgan fingerprint density at radius 1 is 1.13 bits per heavy atom. The zero-order valence-corrected chi connectivity index (χ0v) is 16.7. The van der Waals surface area contributed by atoms with Crippen LogP contribution in [0.1, 0.15) is 30.6 Å². The minimum absolute atomic E-state index is 0.0740. The predicted molar refractivity (Wildman–Crippen MR) is 111 cm³/mol. The van der Waals surface area contributed by atoms with Gasteiger partial charge >= 0.3 is 6.18 Å². The van der Waals surface area contributed by atoms with Gasteiger partial charge < -0.3 is 15.0 Å². The van der Waals surface area contributed by atoms with E-state index in [0.717, 1.165) is 30.8 Å². The molecular weight excluding hydrogens is 391 g/mol. The number of alkyl halides is 3. The molecule has 3 heterocycles. The molecule has 3 atom stereocenters. The van der Waals surface area contributed by atoms with Gasteiger partial charge in [0, 0.05) is 28.7 Å². The van der Waals surface area contributed by atoms with Crippen molar-refractivity contribution in [2.75, 3.05) is 25.0 Å². The van der Waals surface area contributed by atoms with Gasteiger partial charge in [-0.3, -0.25) is 4.90 Å². The third-order valence-electron chi connectivity index (χ3n) is 6.25. The van der Waals surface area contributed by atoms with Gasteiger partial charge in [0.05, 0.1) is 12.1 Å². The number of fused-ring (bicyclic) bond motifs is 2. The van der Waals surface area contributed by atoms with E-state index in [4.69, 9.17) is 4.74 Å². The average molecular weight is 415 g/mol. The van der Waals surface area contributed by atoms with Gasteiger partial charge in [-0.1, -0.05) is 31.2 Å². The van der Waals surface area contributed by atoms with Gasteiger partial charge in [-0.15, -0.1) is 0 Å². The average Bonchev–Trinajstić information content (AvgIpc) is 3.35. The van der Waals surface area contributed by atoms with Crippen LogP contribution in [0.2, 0.25) is 0 Å². The van der Waals surface area contributed by atoms with E-state index in [-0.39, 0.29) is 12.1 Å². The second-order valence-electron chi connectivity index (χ2n) is 8.37. The number of nitrogens with one attached hydrogen (secondary N) is 2. The first kappa shape index (κ1) is 19.3. The summed E-state index contributed by atoms with van der Waals surface area (Å²) in [6.07, 6.45) is -3.26. The normalized spacial score (nSPS) is 24.6. The minimum atomic E-state index is -4.41. The molecule has 2 N–H and O–H groups in total. The number of aromatic nitrogens is 1. The summed E-state index contributed by atoms with van der Waals surface area (Å²) >= 11 is 0. The molecule has 30 heavy (non-hydrogen) atoms. The molecule has 3 aromatic rings. The van der Waals surface area contributed by atoms with E-state index in [1.165, 1.54) is 6.07 Å². The molecule has 0 spiro atoms. The van der Waals surface area contributed by atoms with Crippen molar-refractivity contribution < 1.29 is 17.9 Å². The number of benzene rings is 2. The van der Waals surface area contributed by atoms with E-state index in [1.54, 1.807) is 12.1 Å². The molecular formula is C23H24F3N3O. The molecule has 2 aromatic carbocycles. The molecule has 1 saturated heterocycles. The van der Waals surface area contributed by atoms with Gasteiger partial charge in [0.1, 0.15) is 18.1 Å². The third kappa shape index (κ3) is 3.41. The Morgan fingerprint density at radius 3 is 2.73 bits per heavy atom. The minimum Gasteiger partial charge on any atom is -0.491 e. The van der Waals surface area contributed by atoms with Crippen LogP contribution in [0, 0.1) is 5.92 Å². The van der Waals surface area contributed by atoms with Gasteiger partial charge in [-0.25, -0.2) is 0 Å². The van der Waals surface area contributed by atoms with Crippen molar-refractivity contribution in [3.8, 4) is 5.75 Å². The fourth-order valence-electron chi connectivity index (χ4n) is 4.71. The summed E-state index contributed by atoms with van der Waals surface area (Å²) in [4.78, 5) is 4.95. The van der Waals surface area contributed by atoms with Gasteiger partial charge in [-0.05, 0) is 43.1 Å². The first-order valence-corrected chi connectivity index (χ1v) is 10.3. The van der Waals surface area contributed by atoms with E-state index in [9.17, 15) is 13.2 Å². The number of hydrogen-bond acceptors (Lipinski definition) is 3. The van der Waals surface area contributed by atoms with Crippen LogP contribution >= 0.6 is 0 Å². The van der Waals surface area contributed by atoms with Gasteiger partial charge in [0.15, 0.2) is 0 Å². The fourth-order valence-corrected chi connectivity index (χ4v) is 4.71. The summed E-state index contributed by atoms with van der Waals surface area (Å²) < 4.78 is 45.8. The van der Waals surface area contributed by atoms with E-state index < -0.39 is 11.9 Å². The number of likely N-dealkylation sites (tertiary alicyclic amines) is 1. The molecule has 5 rings (SSSR count). The largest absolute Gasteiger partial charge is 0.491 e. The molecule has 158 valence electrons. The lowest BCUT2D eigenvalue weighted by atomic mass is 9.94. The van der Waals surface area contributed by atoms with Gasteiger partial charge in [0.2, 0.25) is 0 Å². The van der Waals surface area contributed by atoms with Crippen molar-refractivity contribution in [2.45, 2.75) is 31.6 Å². The summed E-state index contributed by atoms with van der Waals surface area (Å²) in [7, 11) is 0. The van der Waals surface area contributed by atoms with Crippen molar-refractivity contribution in [3.05, 3.63) is 59.8 Å². The highest BCUT2D eigenvalue weighted by atomic mass is 19.4. The summed E-state index contributed by atoms with van der Waals surface area (Å²) in [5.41, 5.74) is 1.47. The second kappa shape index (κ2) is 7.23. The van der Waals surface area contributed by atoms with E-state index in [1.807, 2.05) is 30.3 Å². The maximum atomic E-state index is 13.2. The summed E-state index contributed by atoms with van der Waals surface area (Å²) in [5, 5.41) is 4.12. The number of para-hydroxylation sites is 1. The molecule has 0 amide bonds. The Balaban J connectivity index is 1.54. The zero-order valence-electron chi connectivity index (χ0n) is 16.7. The smallest absolute Gasteiger partial charge is 0.431 e. The van der Waals surface area contributed by atoms with Crippen LogP contribution < -0.4 is 10.1 Å². The van der Waals surface area contributed by atoms with E-state index in [2.05, 4.69) is 22.1 Å². The Hall–Kier alpha value is -2.67. The molecule has 1 aromatic heterocycles. The zero-order chi connectivity index (χ0) is 20.9. The van der Waals surface area contributed by atoms with Crippen molar-refractivity contribution in [2.24, 2.45) is 5.92 Å². The first-order chi connectivity index (χ1) is 14.4. The monoisotopic (exact) mass is 415 g/mol. The quantitative estimate of drug-likeness (QED) is 0.598. The van der Waals surface area contributed by atoms with Gasteiger partial charge in [-0.2, -0.15) is 13.2 Å². The number of aromatic amines is 1. The summed E-state index contributed by atoms with van der Waals surface area (Å²) in [6.45, 7) is 4.81. The Morgan fingerprint density at radius 2 is 1.97 bits per heavy atom. The maximum absolute atomic E-state index is 13.2. The number of halogens is 3. The van der Waals surface area contributed by atoms with Crippen LogP contribution in [0.3, 0.4) is 0 Å². The molecule has 0 saturated carbocycles. The molecule has 4 nitrogen and oxygen atoms in total. The number of ether oxygens (including phenoxy) is 1. The molecule has 1 fully saturated rings. The number of rotatable bonds is 3. The Kier molecular flexibility index (Phi) is 4.65. The molecule has 7 heteroatoms. The Labute approximate surface area is 173 Å². The van der Waals surface area contributed by atoms with Crippen molar-refractivity contribution in [1.82, 2.24) is 9.88 Å². The maximum Gasteiger partial charge on any atom is 0.431 e. The molecule has 0 aliphatic carbocycles. The van der Waals surface area contributed by atoms with E-state index >= 15 is 0 Å². The van der Waals surface area contributed by atoms with Crippen molar-refractivity contribution >= 4 is 16.6 Å². The standard InChI is InChI=1S/C23H24F3N3O/c1-14-9-10-29(12-14)19-13-30-20-8-3-2-5-15(20)22(19)28-18-7-4-6-17-16(18)11-21(27-17)23(24,25)26/h2-8,11,14,19,22,27-28H,9-10,12-13H2,1H3. The van der Waals surface area contributed by atoms with Crippen LogP contribution in [-0.4, -0.2) is 35.6 Å². The molecule has 0 bridgehead atoms. The number of anilines is 1. The van der Waals surface area contributed by atoms with Crippen LogP contribution in [0.15, 0.2) is 48.5 Å².